The van der Waals surface area contributed by atoms with Gasteiger partial charge in [0.1, 0.15) is 12.6 Å². The highest BCUT2D eigenvalue weighted by atomic mass is 32.2. The van der Waals surface area contributed by atoms with E-state index in [1.807, 2.05) is 58.0 Å². The highest BCUT2D eigenvalue weighted by molar-refractivity contribution is 7.92. The Labute approximate surface area is 249 Å². The molecule has 3 rings (SSSR count). The van der Waals surface area contributed by atoms with Crippen molar-refractivity contribution in [3.05, 3.63) is 82.9 Å². The first-order chi connectivity index (χ1) is 19.9. The molecule has 226 valence electrons. The lowest BCUT2D eigenvalue weighted by Gasteiger charge is -2.32. The number of sulfonamides is 1. The second-order valence-corrected chi connectivity index (χ2v) is 12.2. The quantitative estimate of drug-likeness (QED) is 0.305. The van der Waals surface area contributed by atoms with Gasteiger partial charge in [-0.15, -0.1) is 0 Å². The number of carbonyl (C=O) groups excluding carboxylic acids is 2. The Balaban J connectivity index is 2.09. The third-order valence-corrected chi connectivity index (χ3v) is 8.68. The van der Waals surface area contributed by atoms with E-state index in [-0.39, 0.29) is 23.1 Å². The molecule has 10 heteroatoms. The van der Waals surface area contributed by atoms with Crippen LogP contribution in [0.1, 0.15) is 42.5 Å². The summed E-state index contributed by atoms with van der Waals surface area (Å²) >= 11 is 0. The Morgan fingerprint density at radius 1 is 0.857 bits per heavy atom. The largest absolute Gasteiger partial charge is 0.493 e. The molecule has 0 saturated carbocycles. The molecule has 9 nitrogen and oxygen atoms in total. The molecule has 0 aromatic heterocycles. The molecular weight excluding hydrogens is 554 g/mol. The fraction of sp³-hybridized carbons (Fsp3) is 0.375. The van der Waals surface area contributed by atoms with Gasteiger partial charge in [-0.05, 0) is 75.1 Å². The average Bonchev–Trinajstić information content (AvgIpc) is 2.96. The summed E-state index contributed by atoms with van der Waals surface area (Å²) in [6.45, 7) is 9.38. The summed E-state index contributed by atoms with van der Waals surface area (Å²) in [5.74, 6) is -0.204. The molecule has 3 aromatic carbocycles. The summed E-state index contributed by atoms with van der Waals surface area (Å²) in [6.07, 6.45) is 0.744. The van der Waals surface area contributed by atoms with Crippen molar-refractivity contribution in [2.24, 2.45) is 0 Å². The molecule has 0 saturated heterocycles. The van der Waals surface area contributed by atoms with Crippen LogP contribution in [0.25, 0.3) is 0 Å². The standard InChI is InChI=1S/C32H41N3O6S/c1-8-15-33-32(37)25(5)34(20-26-11-9-22(2)10-12-26)31(36)21-35(27-17-23(3)16-24(4)18-27)42(38,39)28-13-14-29(40-6)30(19-28)41-7/h9-14,16-19,25H,8,15,20-21H2,1-7H3,(H,33,37). The van der Waals surface area contributed by atoms with Crippen LogP contribution in [0.3, 0.4) is 0 Å². The Morgan fingerprint density at radius 3 is 2.05 bits per heavy atom. The number of nitrogens with zero attached hydrogens (tertiary/aromatic N) is 2. The van der Waals surface area contributed by atoms with Crippen molar-refractivity contribution in [1.82, 2.24) is 10.2 Å². The second kappa shape index (κ2) is 14.2. The topological polar surface area (TPSA) is 105 Å². The minimum Gasteiger partial charge on any atom is -0.493 e. The highest BCUT2D eigenvalue weighted by Crippen LogP contribution is 2.33. The SMILES string of the molecule is CCCNC(=O)C(C)N(Cc1ccc(C)cc1)C(=O)CN(c1cc(C)cc(C)c1)S(=O)(=O)c1ccc(OC)c(OC)c1. The average molecular weight is 596 g/mol. The van der Waals surface area contributed by atoms with Crippen LogP contribution in [0.2, 0.25) is 0 Å². The van der Waals surface area contributed by atoms with Gasteiger partial charge in [-0.1, -0.05) is 42.8 Å². The van der Waals surface area contributed by atoms with Crippen molar-refractivity contribution in [3.8, 4) is 11.5 Å². The molecule has 2 amide bonds. The molecule has 42 heavy (non-hydrogen) atoms. The van der Waals surface area contributed by atoms with Crippen LogP contribution in [0.4, 0.5) is 5.69 Å². The van der Waals surface area contributed by atoms with E-state index in [1.54, 1.807) is 19.1 Å². The zero-order chi connectivity index (χ0) is 31.0. The van der Waals surface area contributed by atoms with E-state index in [4.69, 9.17) is 9.47 Å². The van der Waals surface area contributed by atoms with Crippen LogP contribution in [0.15, 0.2) is 65.6 Å². The van der Waals surface area contributed by atoms with Crippen molar-refractivity contribution in [1.29, 1.82) is 0 Å². The zero-order valence-electron chi connectivity index (χ0n) is 25.4. The number of hydrogen-bond acceptors (Lipinski definition) is 6. The maximum Gasteiger partial charge on any atom is 0.264 e. The van der Waals surface area contributed by atoms with Gasteiger partial charge in [0, 0.05) is 19.2 Å². The molecule has 0 fully saturated rings. The fourth-order valence-electron chi connectivity index (χ4n) is 4.60. The molecule has 0 bridgehead atoms. The molecule has 1 unspecified atom stereocenters. The van der Waals surface area contributed by atoms with Gasteiger partial charge in [0.15, 0.2) is 11.5 Å². The Hall–Kier alpha value is -4.05. The fourth-order valence-corrected chi connectivity index (χ4v) is 6.01. The number of amides is 2. The molecule has 0 aliphatic carbocycles. The number of carbonyl (C=O) groups is 2. The lowest BCUT2D eigenvalue weighted by molar-refractivity contribution is -0.139. The minimum atomic E-state index is -4.26. The van der Waals surface area contributed by atoms with Crippen LogP contribution in [-0.2, 0) is 26.2 Å². The van der Waals surface area contributed by atoms with Crippen LogP contribution < -0.4 is 19.1 Å². The van der Waals surface area contributed by atoms with E-state index >= 15 is 0 Å². The summed E-state index contributed by atoms with van der Waals surface area (Å²) in [4.78, 5) is 28.5. The van der Waals surface area contributed by atoms with E-state index in [9.17, 15) is 18.0 Å². The first-order valence-corrected chi connectivity index (χ1v) is 15.3. The molecular formula is C32H41N3O6S. The van der Waals surface area contributed by atoms with Gasteiger partial charge in [-0.25, -0.2) is 8.42 Å². The van der Waals surface area contributed by atoms with Crippen molar-refractivity contribution in [3.63, 3.8) is 0 Å². The van der Waals surface area contributed by atoms with E-state index in [0.29, 0.717) is 18.0 Å². The van der Waals surface area contributed by atoms with Gasteiger partial charge in [-0.3, -0.25) is 13.9 Å². The lowest BCUT2D eigenvalue weighted by atomic mass is 10.1. The molecule has 1 atom stereocenters. The number of hydrogen-bond donors (Lipinski definition) is 1. The number of rotatable bonds is 13. The lowest BCUT2D eigenvalue weighted by Crippen LogP contribution is -2.51. The van der Waals surface area contributed by atoms with Crippen molar-refractivity contribution < 1.29 is 27.5 Å². The molecule has 0 aliphatic rings. The summed E-state index contributed by atoms with van der Waals surface area (Å²) in [5, 5.41) is 2.85. The molecule has 0 radical (unpaired) electrons. The molecule has 0 aliphatic heterocycles. The number of aryl methyl sites for hydroxylation is 3. The minimum absolute atomic E-state index is 0.0640. The highest BCUT2D eigenvalue weighted by Gasteiger charge is 2.33. The summed E-state index contributed by atoms with van der Waals surface area (Å²) in [7, 11) is -1.37. The second-order valence-electron chi connectivity index (χ2n) is 10.3. The zero-order valence-corrected chi connectivity index (χ0v) is 26.2. The van der Waals surface area contributed by atoms with Crippen LogP contribution in [0.5, 0.6) is 11.5 Å². The Morgan fingerprint density at radius 2 is 1.48 bits per heavy atom. The van der Waals surface area contributed by atoms with Crippen LogP contribution in [0, 0.1) is 20.8 Å². The normalized spacial score (nSPS) is 11.9. The predicted molar refractivity (Wildman–Crippen MR) is 164 cm³/mol. The van der Waals surface area contributed by atoms with E-state index in [1.165, 1.54) is 37.3 Å². The van der Waals surface area contributed by atoms with E-state index in [2.05, 4.69) is 5.32 Å². The Bertz CT molecular complexity index is 1480. The number of ether oxygens (including phenoxy) is 2. The third kappa shape index (κ3) is 7.82. The van der Waals surface area contributed by atoms with E-state index in [0.717, 1.165) is 33.0 Å². The maximum absolute atomic E-state index is 14.2. The molecule has 0 heterocycles. The molecule has 1 N–H and O–H groups in total. The van der Waals surface area contributed by atoms with E-state index < -0.39 is 28.5 Å². The van der Waals surface area contributed by atoms with Gasteiger partial charge >= 0.3 is 0 Å². The number of anilines is 1. The van der Waals surface area contributed by atoms with Crippen LogP contribution >= 0.6 is 0 Å². The number of benzene rings is 3. The number of nitrogens with one attached hydrogen (secondary N) is 1. The van der Waals surface area contributed by atoms with Crippen molar-refractivity contribution >= 4 is 27.5 Å². The molecule has 0 spiro atoms. The van der Waals surface area contributed by atoms with Gasteiger partial charge in [0.25, 0.3) is 10.0 Å². The van der Waals surface area contributed by atoms with Gasteiger partial charge in [-0.2, -0.15) is 0 Å². The van der Waals surface area contributed by atoms with Crippen molar-refractivity contribution in [2.45, 2.75) is 58.5 Å². The Kier molecular flexibility index (Phi) is 11.0. The molecule has 3 aromatic rings. The van der Waals surface area contributed by atoms with Crippen molar-refractivity contribution in [2.75, 3.05) is 31.6 Å². The number of methoxy groups -OCH3 is 2. The van der Waals surface area contributed by atoms with Gasteiger partial charge < -0.3 is 19.7 Å². The van der Waals surface area contributed by atoms with Crippen LogP contribution in [-0.4, -0.2) is 58.5 Å². The first-order valence-electron chi connectivity index (χ1n) is 13.9. The third-order valence-electron chi connectivity index (χ3n) is 6.91. The summed E-state index contributed by atoms with van der Waals surface area (Å²) in [5.41, 5.74) is 3.91. The monoisotopic (exact) mass is 595 g/mol. The van der Waals surface area contributed by atoms with Gasteiger partial charge in [0.2, 0.25) is 11.8 Å². The maximum atomic E-state index is 14.2. The first kappa shape index (κ1) is 32.5. The van der Waals surface area contributed by atoms with Gasteiger partial charge in [0.05, 0.1) is 24.8 Å². The smallest absolute Gasteiger partial charge is 0.264 e. The summed E-state index contributed by atoms with van der Waals surface area (Å²) < 4.78 is 40.1. The summed E-state index contributed by atoms with van der Waals surface area (Å²) in [6, 6.07) is 16.5. The predicted octanol–water partition coefficient (Wildman–Crippen LogP) is 4.77.